The minimum atomic E-state index is -0.323. The van der Waals surface area contributed by atoms with Crippen LogP contribution < -0.4 is 5.32 Å². The van der Waals surface area contributed by atoms with E-state index in [1.165, 1.54) is 23.1 Å². The van der Waals surface area contributed by atoms with Crippen molar-refractivity contribution in [3.05, 3.63) is 35.3 Å². The summed E-state index contributed by atoms with van der Waals surface area (Å²) in [7, 11) is 0. The van der Waals surface area contributed by atoms with E-state index in [2.05, 4.69) is 20.6 Å². The molecular weight excluding hydrogens is 468 g/mol. The van der Waals surface area contributed by atoms with Gasteiger partial charge in [0.25, 0.3) is 5.91 Å². The highest BCUT2D eigenvalue weighted by Crippen LogP contribution is 2.30. The second kappa shape index (κ2) is 9.76. The number of thiophene rings is 1. The number of nitrogens with one attached hydrogen (secondary N) is 1. The summed E-state index contributed by atoms with van der Waals surface area (Å²) in [6.07, 6.45) is 1.66. The van der Waals surface area contributed by atoms with Crippen LogP contribution in [-0.4, -0.2) is 49.2 Å². The van der Waals surface area contributed by atoms with Crippen molar-refractivity contribution in [2.24, 2.45) is 0 Å². The van der Waals surface area contributed by atoms with Gasteiger partial charge in [-0.2, -0.15) is 5.10 Å². The number of fused-ring (bicyclic) bond motifs is 1. The van der Waals surface area contributed by atoms with Gasteiger partial charge in [-0.1, -0.05) is 29.2 Å². The number of rotatable bonds is 8. The Balaban J connectivity index is 1.60. The fraction of sp³-hybridized carbons (Fsp3) is 0.300. The number of amides is 1. The molecule has 12 heteroatoms. The van der Waals surface area contributed by atoms with Crippen molar-refractivity contribution in [3.8, 4) is 10.6 Å². The molecule has 0 saturated carbocycles. The first-order valence-corrected chi connectivity index (χ1v) is 12.5. The molecule has 0 radical (unpaired) electrons. The highest BCUT2D eigenvalue weighted by atomic mass is 32.2. The van der Waals surface area contributed by atoms with Gasteiger partial charge < -0.3 is 4.74 Å². The largest absolute Gasteiger partial charge is 0.465 e. The number of anilines is 1. The minimum absolute atomic E-state index is 0.0941. The standard InChI is InChI=1S/C20H20N6O3S3/c1-4-29-16(27)10-31-20-25-24-19(32-20)23-18(28)12-8-14(15-6-5-7-30-15)22-17-13(12)9-21-26(17)11(2)3/h5-9,11H,4,10H2,1-3H3,(H,23,24,28). The zero-order chi connectivity index (χ0) is 22.7. The molecule has 0 aliphatic heterocycles. The molecule has 0 spiro atoms. The molecule has 0 aliphatic rings. The lowest BCUT2D eigenvalue weighted by atomic mass is 10.1. The van der Waals surface area contributed by atoms with Gasteiger partial charge in [0, 0.05) is 6.04 Å². The van der Waals surface area contributed by atoms with Crippen molar-refractivity contribution < 1.29 is 14.3 Å². The summed E-state index contributed by atoms with van der Waals surface area (Å²) < 4.78 is 7.28. The summed E-state index contributed by atoms with van der Waals surface area (Å²) in [5, 5.41) is 18.3. The van der Waals surface area contributed by atoms with Gasteiger partial charge in [0.1, 0.15) is 0 Å². The molecule has 0 unspecified atom stereocenters. The molecule has 0 aliphatic carbocycles. The fourth-order valence-electron chi connectivity index (χ4n) is 2.94. The Morgan fingerprint density at radius 2 is 2.16 bits per heavy atom. The van der Waals surface area contributed by atoms with Gasteiger partial charge in [-0.3, -0.25) is 14.9 Å². The highest BCUT2D eigenvalue weighted by Gasteiger charge is 2.20. The molecule has 4 rings (SSSR count). The third kappa shape index (κ3) is 4.81. The first-order chi connectivity index (χ1) is 15.5. The summed E-state index contributed by atoms with van der Waals surface area (Å²) in [6, 6.07) is 5.78. The SMILES string of the molecule is CCOC(=O)CSc1nnc(NC(=O)c2cc(-c3cccs3)nc3c2cnn3C(C)C)s1. The molecule has 1 amide bonds. The van der Waals surface area contributed by atoms with Crippen LogP contribution in [0.2, 0.25) is 0 Å². The average Bonchev–Trinajstić information content (AvgIpc) is 3.52. The summed E-state index contributed by atoms with van der Waals surface area (Å²) in [4.78, 5) is 30.4. The molecule has 4 aromatic rings. The lowest BCUT2D eigenvalue weighted by molar-refractivity contribution is -0.139. The van der Waals surface area contributed by atoms with E-state index in [0.29, 0.717) is 38.4 Å². The van der Waals surface area contributed by atoms with Crippen LogP contribution in [0.1, 0.15) is 37.2 Å². The lowest BCUT2D eigenvalue weighted by Gasteiger charge is -2.09. The molecule has 0 bridgehead atoms. The number of hydrogen-bond acceptors (Lipinski definition) is 10. The normalized spacial score (nSPS) is 11.2. The number of esters is 1. The van der Waals surface area contributed by atoms with Gasteiger partial charge >= 0.3 is 5.97 Å². The Bertz CT molecular complexity index is 1250. The maximum Gasteiger partial charge on any atom is 0.316 e. The van der Waals surface area contributed by atoms with Crippen LogP contribution in [-0.2, 0) is 9.53 Å². The van der Waals surface area contributed by atoms with Gasteiger partial charge in [-0.15, -0.1) is 21.5 Å². The summed E-state index contributed by atoms with van der Waals surface area (Å²) in [5.41, 5.74) is 1.82. The van der Waals surface area contributed by atoms with Crippen LogP contribution in [0.15, 0.2) is 34.1 Å². The first kappa shape index (κ1) is 22.4. The number of aromatic nitrogens is 5. The molecule has 4 heterocycles. The quantitative estimate of drug-likeness (QED) is 0.219. The minimum Gasteiger partial charge on any atom is -0.465 e. The number of carbonyl (C=O) groups is 2. The first-order valence-electron chi connectivity index (χ1n) is 9.81. The van der Waals surface area contributed by atoms with Gasteiger partial charge in [0.2, 0.25) is 5.13 Å². The average molecular weight is 489 g/mol. The Hall–Kier alpha value is -2.83. The molecule has 4 aromatic heterocycles. The second-order valence-electron chi connectivity index (χ2n) is 6.87. The van der Waals surface area contributed by atoms with Crippen molar-refractivity contribution in [2.45, 2.75) is 31.2 Å². The molecule has 166 valence electrons. The Morgan fingerprint density at radius 3 is 2.88 bits per heavy atom. The van der Waals surface area contributed by atoms with E-state index < -0.39 is 0 Å². The number of hydrogen-bond donors (Lipinski definition) is 1. The van der Waals surface area contributed by atoms with Gasteiger partial charge in [0.05, 0.1) is 40.1 Å². The number of pyridine rings is 1. The highest BCUT2D eigenvalue weighted by molar-refractivity contribution is 8.01. The number of carbonyl (C=O) groups excluding carboxylic acids is 2. The Morgan fingerprint density at radius 1 is 1.31 bits per heavy atom. The molecule has 0 aromatic carbocycles. The van der Waals surface area contributed by atoms with Crippen LogP contribution >= 0.6 is 34.4 Å². The topological polar surface area (TPSA) is 112 Å². The van der Waals surface area contributed by atoms with E-state index in [1.54, 1.807) is 35.2 Å². The molecule has 0 atom stereocenters. The molecule has 1 N–H and O–H groups in total. The van der Waals surface area contributed by atoms with E-state index in [9.17, 15) is 9.59 Å². The maximum absolute atomic E-state index is 13.2. The van der Waals surface area contributed by atoms with E-state index in [-0.39, 0.29) is 23.7 Å². The smallest absolute Gasteiger partial charge is 0.316 e. The zero-order valence-corrected chi connectivity index (χ0v) is 20.0. The second-order valence-corrected chi connectivity index (χ2v) is 10.0. The Kier molecular flexibility index (Phi) is 6.82. The predicted molar refractivity (Wildman–Crippen MR) is 126 cm³/mol. The van der Waals surface area contributed by atoms with Crippen molar-refractivity contribution in [2.75, 3.05) is 17.7 Å². The van der Waals surface area contributed by atoms with Crippen molar-refractivity contribution in [1.82, 2.24) is 25.0 Å². The third-order valence-electron chi connectivity index (χ3n) is 4.32. The number of ether oxygens (including phenoxy) is 1. The van der Waals surface area contributed by atoms with E-state index in [4.69, 9.17) is 9.72 Å². The fourth-order valence-corrected chi connectivity index (χ4v) is 5.17. The van der Waals surface area contributed by atoms with Crippen LogP contribution in [0.25, 0.3) is 21.6 Å². The van der Waals surface area contributed by atoms with E-state index >= 15 is 0 Å². The molecule has 9 nitrogen and oxygen atoms in total. The summed E-state index contributed by atoms with van der Waals surface area (Å²) >= 11 is 3.97. The van der Waals surface area contributed by atoms with Gasteiger partial charge in [0.15, 0.2) is 9.99 Å². The number of nitrogens with zero attached hydrogens (tertiary/aromatic N) is 5. The molecule has 0 fully saturated rings. The van der Waals surface area contributed by atoms with Gasteiger partial charge in [-0.05, 0) is 38.3 Å². The molecular formula is C20H20N6O3S3. The lowest BCUT2D eigenvalue weighted by Crippen LogP contribution is -2.13. The summed E-state index contributed by atoms with van der Waals surface area (Å²) in [5.74, 6) is -0.503. The van der Waals surface area contributed by atoms with Crippen molar-refractivity contribution in [1.29, 1.82) is 0 Å². The molecule has 0 saturated heterocycles. The number of thioether (sulfide) groups is 1. The third-order valence-corrected chi connectivity index (χ3v) is 7.16. The van der Waals surface area contributed by atoms with Crippen LogP contribution in [0, 0.1) is 0 Å². The van der Waals surface area contributed by atoms with Crippen molar-refractivity contribution in [3.63, 3.8) is 0 Å². The predicted octanol–water partition coefficient (Wildman–Crippen LogP) is 4.50. The van der Waals surface area contributed by atoms with Crippen LogP contribution in [0.4, 0.5) is 5.13 Å². The van der Waals surface area contributed by atoms with E-state index in [0.717, 1.165) is 4.88 Å². The zero-order valence-electron chi connectivity index (χ0n) is 17.6. The van der Waals surface area contributed by atoms with Crippen molar-refractivity contribution >= 4 is 62.5 Å². The Labute approximate surface area is 196 Å². The van der Waals surface area contributed by atoms with Crippen LogP contribution in [0.3, 0.4) is 0 Å². The van der Waals surface area contributed by atoms with E-state index in [1.807, 2.05) is 31.4 Å². The van der Waals surface area contributed by atoms with Gasteiger partial charge in [-0.25, -0.2) is 9.67 Å². The molecule has 32 heavy (non-hydrogen) atoms. The van der Waals surface area contributed by atoms with Crippen LogP contribution in [0.5, 0.6) is 0 Å². The summed E-state index contributed by atoms with van der Waals surface area (Å²) in [6.45, 7) is 6.12. The maximum atomic E-state index is 13.2. The monoisotopic (exact) mass is 488 g/mol.